The van der Waals surface area contributed by atoms with E-state index < -0.39 is 0 Å². The number of aryl methyl sites for hydroxylation is 1. The van der Waals surface area contributed by atoms with Gasteiger partial charge in [-0.25, -0.2) is 0 Å². The molecule has 0 aliphatic carbocycles. The summed E-state index contributed by atoms with van der Waals surface area (Å²) in [5, 5.41) is 0. The summed E-state index contributed by atoms with van der Waals surface area (Å²) in [6.07, 6.45) is 11.2. The average molecular weight is 191 g/mol. The standard InChI is InChI=1S/C12H17NO/c14-10-5-3-1-2-4-7-12-8-6-9-13-11-12/h6,8-11H,1-5,7H2. The summed E-state index contributed by atoms with van der Waals surface area (Å²) in [5.41, 5.74) is 1.31. The molecule has 0 fully saturated rings. The van der Waals surface area contributed by atoms with Crippen LogP contribution in [0.15, 0.2) is 24.5 Å². The highest BCUT2D eigenvalue weighted by atomic mass is 16.1. The Morgan fingerprint density at radius 2 is 2.07 bits per heavy atom. The maximum absolute atomic E-state index is 10.1. The number of pyridine rings is 1. The molecule has 0 N–H and O–H groups in total. The second-order valence-corrected chi connectivity index (χ2v) is 3.48. The highest BCUT2D eigenvalue weighted by molar-refractivity contribution is 5.48. The lowest BCUT2D eigenvalue weighted by atomic mass is 10.1. The van der Waals surface area contributed by atoms with Crippen LogP contribution >= 0.6 is 0 Å². The molecule has 0 aromatic carbocycles. The third-order valence-corrected chi connectivity index (χ3v) is 2.26. The van der Waals surface area contributed by atoms with Crippen LogP contribution in [0.4, 0.5) is 0 Å². The first kappa shape index (κ1) is 10.9. The number of unbranched alkanes of at least 4 members (excludes halogenated alkanes) is 4. The van der Waals surface area contributed by atoms with E-state index in [9.17, 15) is 4.79 Å². The number of aldehydes is 1. The summed E-state index contributed by atoms with van der Waals surface area (Å²) < 4.78 is 0. The lowest BCUT2D eigenvalue weighted by Crippen LogP contribution is -1.87. The van der Waals surface area contributed by atoms with E-state index in [1.165, 1.54) is 24.8 Å². The monoisotopic (exact) mass is 191 g/mol. The van der Waals surface area contributed by atoms with Gasteiger partial charge in [-0.05, 0) is 30.9 Å². The Labute approximate surface area is 85.4 Å². The van der Waals surface area contributed by atoms with Gasteiger partial charge in [-0.2, -0.15) is 0 Å². The zero-order chi connectivity index (χ0) is 10.1. The van der Waals surface area contributed by atoms with Crippen molar-refractivity contribution in [3.05, 3.63) is 30.1 Å². The van der Waals surface area contributed by atoms with Crippen LogP contribution in [0.5, 0.6) is 0 Å². The third-order valence-electron chi connectivity index (χ3n) is 2.26. The van der Waals surface area contributed by atoms with Crippen LogP contribution < -0.4 is 0 Å². The first-order valence-corrected chi connectivity index (χ1v) is 5.26. The summed E-state index contributed by atoms with van der Waals surface area (Å²) in [6.45, 7) is 0. The minimum Gasteiger partial charge on any atom is -0.303 e. The van der Waals surface area contributed by atoms with E-state index in [1.54, 1.807) is 6.20 Å². The maximum atomic E-state index is 10.1. The van der Waals surface area contributed by atoms with Crippen molar-refractivity contribution < 1.29 is 4.79 Å². The Morgan fingerprint density at radius 3 is 2.79 bits per heavy atom. The Bertz CT molecular complexity index is 246. The van der Waals surface area contributed by atoms with Crippen LogP contribution in [-0.2, 0) is 11.2 Å². The van der Waals surface area contributed by atoms with Gasteiger partial charge < -0.3 is 4.79 Å². The quantitative estimate of drug-likeness (QED) is 0.490. The van der Waals surface area contributed by atoms with E-state index in [0.717, 1.165) is 19.1 Å². The Hall–Kier alpha value is -1.18. The van der Waals surface area contributed by atoms with E-state index in [0.29, 0.717) is 6.42 Å². The van der Waals surface area contributed by atoms with E-state index >= 15 is 0 Å². The van der Waals surface area contributed by atoms with Gasteiger partial charge in [0.25, 0.3) is 0 Å². The molecule has 0 saturated carbocycles. The first-order chi connectivity index (χ1) is 6.93. The molecule has 0 spiro atoms. The summed E-state index contributed by atoms with van der Waals surface area (Å²) in [6, 6.07) is 4.08. The second kappa shape index (κ2) is 7.25. The molecular formula is C12H17NO. The van der Waals surface area contributed by atoms with Crippen LogP contribution in [-0.4, -0.2) is 11.3 Å². The molecule has 0 saturated heterocycles. The van der Waals surface area contributed by atoms with Gasteiger partial charge in [0, 0.05) is 18.8 Å². The van der Waals surface area contributed by atoms with Crippen molar-refractivity contribution >= 4 is 6.29 Å². The number of carbonyl (C=O) groups is 1. The van der Waals surface area contributed by atoms with Gasteiger partial charge in [-0.1, -0.05) is 18.9 Å². The average Bonchev–Trinajstić information content (AvgIpc) is 2.25. The summed E-state index contributed by atoms with van der Waals surface area (Å²) in [7, 11) is 0. The largest absolute Gasteiger partial charge is 0.303 e. The molecule has 1 heterocycles. The van der Waals surface area contributed by atoms with Gasteiger partial charge in [-0.15, -0.1) is 0 Å². The van der Waals surface area contributed by atoms with Crippen LogP contribution in [0, 0.1) is 0 Å². The minimum atomic E-state index is 0.715. The molecule has 0 aliphatic heterocycles. The molecule has 2 heteroatoms. The van der Waals surface area contributed by atoms with Crippen molar-refractivity contribution in [3.63, 3.8) is 0 Å². The van der Waals surface area contributed by atoms with Gasteiger partial charge in [0.1, 0.15) is 6.29 Å². The second-order valence-electron chi connectivity index (χ2n) is 3.48. The van der Waals surface area contributed by atoms with Crippen LogP contribution in [0.3, 0.4) is 0 Å². The molecule has 1 aromatic rings. The van der Waals surface area contributed by atoms with E-state index in [1.807, 2.05) is 12.3 Å². The third kappa shape index (κ3) is 4.75. The van der Waals surface area contributed by atoms with E-state index in [2.05, 4.69) is 11.1 Å². The number of nitrogens with zero attached hydrogens (tertiary/aromatic N) is 1. The smallest absolute Gasteiger partial charge is 0.119 e. The zero-order valence-corrected chi connectivity index (χ0v) is 8.48. The Balaban J connectivity index is 2.02. The minimum absolute atomic E-state index is 0.715. The SMILES string of the molecule is O=CCCCCCCc1cccnc1. The van der Waals surface area contributed by atoms with Crippen molar-refractivity contribution in [2.45, 2.75) is 38.5 Å². The van der Waals surface area contributed by atoms with Crippen molar-refractivity contribution in [2.75, 3.05) is 0 Å². The fourth-order valence-corrected chi connectivity index (χ4v) is 1.46. The molecule has 0 amide bonds. The lowest BCUT2D eigenvalue weighted by Gasteiger charge is -1.99. The summed E-state index contributed by atoms with van der Waals surface area (Å²) >= 11 is 0. The Kier molecular flexibility index (Phi) is 5.64. The van der Waals surface area contributed by atoms with Gasteiger partial charge >= 0.3 is 0 Å². The number of hydrogen-bond donors (Lipinski definition) is 0. The summed E-state index contributed by atoms with van der Waals surface area (Å²) in [4.78, 5) is 14.1. The fraction of sp³-hybridized carbons (Fsp3) is 0.500. The molecule has 1 rings (SSSR count). The molecule has 1 aromatic heterocycles. The molecule has 76 valence electrons. The van der Waals surface area contributed by atoms with Gasteiger partial charge in [-0.3, -0.25) is 4.98 Å². The van der Waals surface area contributed by atoms with Crippen LogP contribution in [0.1, 0.15) is 37.7 Å². The molecule has 14 heavy (non-hydrogen) atoms. The number of hydrogen-bond acceptors (Lipinski definition) is 2. The molecule has 0 atom stereocenters. The molecule has 2 nitrogen and oxygen atoms in total. The number of carbonyl (C=O) groups excluding carboxylic acids is 1. The van der Waals surface area contributed by atoms with Crippen LogP contribution in [0.25, 0.3) is 0 Å². The maximum Gasteiger partial charge on any atom is 0.119 e. The van der Waals surface area contributed by atoms with E-state index in [4.69, 9.17) is 0 Å². The van der Waals surface area contributed by atoms with Crippen molar-refractivity contribution in [2.24, 2.45) is 0 Å². The molecule has 0 unspecified atom stereocenters. The van der Waals surface area contributed by atoms with Crippen molar-refractivity contribution in [3.8, 4) is 0 Å². The highest BCUT2D eigenvalue weighted by Gasteiger charge is 1.93. The predicted molar refractivity (Wildman–Crippen MR) is 57.1 cm³/mol. The molecular weight excluding hydrogens is 174 g/mol. The normalized spacial score (nSPS) is 10.0. The van der Waals surface area contributed by atoms with Crippen LogP contribution in [0.2, 0.25) is 0 Å². The zero-order valence-electron chi connectivity index (χ0n) is 8.48. The lowest BCUT2D eigenvalue weighted by molar-refractivity contribution is -0.107. The highest BCUT2D eigenvalue weighted by Crippen LogP contribution is 2.07. The van der Waals surface area contributed by atoms with Gasteiger partial charge in [0.2, 0.25) is 0 Å². The van der Waals surface area contributed by atoms with Crippen molar-refractivity contribution in [1.29, 1.82) is 0 Å². The first-order valence-electron chi connectivity index (χ1n) is 5.26. The molecule has 0 radical (unpaired) electrons. The molecule has 0 aliphatic rings. The number of rotatable bonds is 7. The molecule has 0 bridgehead atoms. The number of aromatic nitrogens is 1. The topological polar surface area (TPSA) is 30.0 Å². The Morgan fingerprint density at radius 1 is 1.21 bits per heavy atom. The van der Waals surface area contributed by atoms with Crippen molar-refractivity contribution in [1.82, 2.24) is 4.98 Å². The fourth-order valence-electron chi connectivity index (χ4n) is 1.46. The van der Waals surface area contributed by atoms with Gasteiger partial charge in [0.15, 0.2) is 0 Å². The van der Waals surface area contributed by atoms with Gasteiger partial charge in [0.05, 0.1) is 0 Å². The van der Waals surface area contributed by atoms with E-state index in [-0.39, 0.29) is 0 Å². The summed E-state index contributed by atoms with van der Waals surface area (Å²) in [5.74, 6) is 0. The predicted octanol–water partition coefficient (Wildman–Crippen LogP) is 2.77.